The van der Waals surface area contributed by atoms with Crippen molar-refractivity contribution < 1.29 is 9.90 Å². The van der Waals surface area contributed by atoms with Crippen molar-refractivity contribution in [2.75, 3.05) is 0 Å². The van der Waals surface area contributed by atoms with Gasteiger partial charge in [0.15, 0.2) is 0 Å². The van der Waals surface area contributed by atoms with Crippen LogP contribution in [0.15, 0.2) is 48.5 Å². The number of hydrogen-bond acceptors (Lipinski definition) is 1. The van der Waals surface area contributed by atoms with Gasteiger partial charge in [0.25, 0.3) is 0 Å². The zero-order valence-corrected chi connectivity index (χ0v) is 12.6. The molecule has 2 aromatic rings. The number of carboxylic acids is 1. The third-order valence-electron chi connectivity index (χ3n) is 3.38. The van der Waals surface area contributed by atoms with E-state index in [4.69, 9.17) is 5.11 Å². The number of carbonyl (C=O) groups is 1. The van der Waals surface area contributed by atoms with E-state index in [0.29, 0.717) is 5.56 Å². The molecule has 0 saturated heterocycles. The minimum Gasteiger partial charge on any atom is -0.478 e. The third-order valence-corrected chi connectivity index (χ3v) is 3.38. The summed E-state index contributed by atoms with van der Waals surface area (Å²) in [5.74, 6) is -0.900. The number of aromatic carboxylic acids is 1. The predicted octanol–water partition coefficient (Wildman–Crippen LogP) is 4.85. The molecule has 108 valence electrons. The Kier molecular flexibility index (Phi) is 4.27. The smallest absolute Gasteiger partial charge is 0.335 e. The van der Waals surface area contributed by atoms with Crippen molar-refractivity contribution >= 4 is 18.1 Å². The van der Waals surface area contributed by atoms with Gasteiger partial charge in [0, 0.05) is 0 Å². The van der Waals surface area contributed by atoms with Crippen molar-refractivity contribution in [1.82, 2.24) is 0 Å². The maximum absolute atomic E-state index is 10.8. The lowest BCUT2D eigenvalue weighted by molar-refractivity contribution is 0.0697. The van der Waals surface area contributed by atoms with Crippen LogP contribution in [0.3, 0.4) is 0 Å². The van der Waals surface area contributed by atoms with Gasteiger partial charge in [0.05, 0.1) is 5.56 Å². The Morgan fingerprint density at radius 2 is 1.57 bits per heavy atom. The highest BCUT2D eigenvalue weighted by Gasteiger charge is 2.12. The van der Waals surface area contributed by atoms with E-state index in [2.05, 4.69) is 45.0 Å². The van der Waals surface area contributed by atoms with Gasteiger partial charge in [-0.15, -0.1) is 0 Å². The number of hydrogen-bond donors (Lipinski definition) is 1. The van der Waals surface area contributed by atoms with Crippen molar-refractivity contribution in [2.45, 2.75) is 26.2 Å². The number of carboxylic acid groups (broad SMARTS) is 1. The quantitative estimate of drug-likeness (QED) is 0.816. The monoisotopic (exact) mass is 280 g/mol. The van der Waals surface area contributed by atoms with Crippen LogP contribution in [0.1, 0.15) is 47.8 Å². The normalized spacial score (nSPS) is 11.8. The first kappa shape index (κ1) is 15.0. The third kappa shape index (κ3) is 4.06. The molecular formula is C19H20O2. The molecule has 0 saturated carbocycles. The van der Waals surface area contributed by atoms with E-state index in [1.807, 2.05) is 24.3 Å². The molecule has 0 aliphatic carbocycles. The summed E-state index contributed by atoms with van der Waals surface area (Å²) in [6.07, 6.45) is 4.04. The molecule has 0 aliphatic rings. The van der Waals surface area contributed by atoms with E-state index in [1.165, 1.54) is 5.56 Å². The van der Waals surface area contributed by atoms with Gasteiger partial charge >= 0.3 is 5.97 Å². The van der Waals surface area contributed by atoms with Crippen LogP contribution in [-0.4, -0.2) is 11.1 Å². The SMILES string of the molecule is CC(C)(C)c1cccc(/C=C/c2ccc(C(=O)O)cc2)c1. The van der Waals surface area contributed by atoms with Crippen LogP contribution < -0.4 is 0 Å². The summed E-state index contributed by atoms with van der Waals surface area (Å²) in [7, 11) is 0. The lowest BCUT2D eigenvalue weighted by atomic mass is 9.86. The van der Waals surface area contributed by atoms with Gasteiger partial charge in [-0.2, -0.15) is 0 Å². The fourth-order valence-corrected chi connectivity index (χ4v) is 2.04. The molecule has 0 bridgehead atoms. The van der Waals surface area contributed by atoms with E-state index in [1.54, 1.807) is 12.1 Å². The van der Waals surface area contributed by atoms with E-state index >= 15 is 0 Å². The highest BCUT2D eigenvalue weighted by Crippen LogP contribution is 2.23. The zero-order chi connectivity index (χ0) is 15.5. The summed E-state index contributed by atoms with van der Waals surface area (Å²) < 4.78 is 0. The summed E-state index contributed by atoms with van der Waals surface area (Å²) in [4.78, 5) is 10.8. The average Bonchev–Trinajstić information content (AvgIpc) is 2.45. The minimum atomic E-state index is -0.900. The van der Waals surface area contributed by atoms with Gasteiger partial charge in [0.2, 0.25) is 0 Å². The van der Waals surface area contributed by atoms with Crippen LogP contribution in [0.2, 0.25) is 0 Å². The van der Waals surface area contributed by atoms with E-state index in [-0.39, 0.29) is 5.41 Å². The lowest BCUT2D eigenvalue weighted by Gasteiger charge is -2.19. The second kappa shape index (κ2) is 5.96. The highest BCUT2D eigenvalue weighted by atomic mass is 16.4. The Labute approximate surface area is 125 Å². The van der Waals surface area contributed by atoms with E-state index in [9.17, 15) is 4.79 Å². The van der Waals surface area contributed by atoms with Crippen molar-refractivity contribution in [3.63, 3.8) is 0 Å². The molecule has 0 fully saturated rings. The van der Waals surface area contributed by atoms with Gasteiger partial charge < -0.3 is 5.11 Å². The first-order valence-electron chi connectivity index (χ1n) is 6.98. The Hall–Kier alpha value is -2.35. The molecule has 2 nitrogen and oxygen atoms in total. The van der Waals surface area contributed by atoms with Crippen LogP contribution in [0.25, 0.3) is 12.2 Å². The second-order valence-corrected chi connectivity index (χ2v) is 6.14. The standard InChI is InChI=1S/C19H20O2/c1-19(2,3)17-6-4-5-15(13-17)8-7-14-9-11-16(12-10-14)18(20)21/h4-13H,1-3H3,(H,20,21)/b8-7+. The number of benzene rings is 2. The Balaban J connectivity index is 2.19. The summed E-state index contributed by atoms with van der Waals surface area (Å²) in [6, 6.07) is 15.3. The minimum absolute atomic E-state index is 0.132. The average molecular weight is 280 g/mol. The van der Waals surface area contributed by atoms with Crippen LogP contribution in [0.4, 0.5) is 0 Å². The molecule has 1 N–H and O–H groups in total. The zero-order valence-electron chi connectivity index (χ0n) is 12.6. The second-order valence-electron chi connectivity index (χ2n) is 6.14. The first-order valence-corrected chi connectivity index (χ1v) is 6.98. The Bertz CT molecular complexity index is 659. The summed E-state index contributed by atoms with van der Waals surface area (Å²) in [5.41, 5.74) is 3.87. The molecule has 2 rings (SSSR count). The van der Waals surface area contributed by atoms with Gasteiger partial charge in [-0.3, -0.25) is 0 Å². The Morgan fingerprint density at radius 1 is 0.952 bits per heavy atom. The molecule has 0 amide bonds. The fraction of sp³-hybridized carbons (Fsp3) is 0.211. The molecule has 0 aliphatic heterocycles. The maximum atomic E-state index is 10.8. The van der Waals surface area contributed by atoms with Crippen LogP contribution in [-0.2, 0) is 5.41 Å². The lowest BCUT2D eigenvalue weighted by Crippen LogP contribution is -2.10. The maximum Gasteiger partial charge on any atom is 0.335 e. The van der Waals surface area contributed by atoms with Crippen molar-refractivity contribution in [2.24, 2.45) is 0 Å². The van der Waals surface area contributed by atoms with Gasteiger partial charge in [0.1, 0.15) is 0 Å². The number of rotatable bonds is 3. The molecule has 21 heavy (non-hydrogen) atoms. The topological polar surface area (TPSA) is 37.3 Å². The van der Waals surface area contributed by atoms with Crippen molar-refractivity contribution in [3.05, 3.63) is 70.8 Å². The Morgan fingerprint density at radius 3 is 2.14 bits per heavy atom. The molecule has 0 heterocycles. The summed E-state index contributed by atoms with van der Waals surface area (Å²) in [6.45, 7) is 6.58. The molecule has 0 radical (unpaired) electrons. The van der Waals surface area contributed by atoms with Crippen molar-refractivity contribution in [1.29, 1.82) is 0 Å². The molecule has 0 atom stereocenters. The largest absolute Gasteiger partial charge is 0.478 e. The molecule has 2 heteroatoms. The van der Waals surface area contributed by atoms with Gasteiger partial charge in [-0.05, 0) is 34.2 Å². The van der Waals surface area contributed by atoms with Crippen LogP contribution >= 0.6 is 0 Å². The van der Waals surface area contributed by atoms with Crippen LogP contribution in [0, 0.1) is 0 Å². The molecule has 0 spiro atoms. The van der Waals surface area contributed by atoms with E-state index < -0.39 is 5.97 Å². The fourth-order valence-electron chi connectivity index (χ4n) is 2.04. The van der Waals surface area contributed by atoms with Gasteiger partial charge in [-0.1, -0.05) is 69.3 Å². The first-order chi connectivity index (χ1) is 9.86. The highest BCUT2D eigenvalue weighted by molar-refractivity contribution is 5.88. The summed E-state index contributed by atoms with van der Waals surface area (Å²) >= 11 is 0. The molecular weight excluding hydrogens is 260 g/mol. The molecule has 0 aromatic heterocycles. The summed E-state index contributed by atoms with van der Waals surface area (Å²) in [5, 5.41) is 8.87. The van der Waals surface area contributed by atoms with Crippen LogP contribution in [0.5, 0.6) is 0 Å². The van der Waals surface area contributed by atoms with E-state index in [0.717, 1.165) is 11.1 Å². The van der Waals surface area contributed by atoms with Gasteiger partial charge in [-0.25, -0.2) is 4.79 Å². The predicted molar refractivity (Wildman–Crippen MR) is 87.5 cm³/mol. The molecule has 2 aromatic carbocycles. The van der Waals surface area contributed by atoms with Crippen molar-refractivity contribution in [3.8, 4) is 0 Å². The molecule has 0 unspecified atom stereocenters.